The molecule has 0 aliphatic carbocycles. The normalized spacial score (nSPS) is 7.60. The van der Waals surface area contributed by atoms with Crippen molar-refractivity contribution in [3.63, 3.8) is 0 Å². The molecule has 0 aliphatic heterocycles. The maximum atomic E-state index is 2.29. The third-order valence-electron chi connectivity index (χ3n) is 2.00. The summed E-state index contributed by atoms with van der Waals surface area (Å²) in [7, 11) is 0. The molecule has 0 saturated heterocycles. The summed E-state index contributed by atoms with van der Waals surface area (Å²) in [5, 5.41) is 0. The Balaban J connectivity index is -0.0000000853. The minimum absolute atomic E-state index is 0.218. The molecule has 0 aromatic rings. The Morgan fingerprint density at radius 3 is 0.400 bits per heavy atom. The van der Waals surface area contributed by atoms with Crippen LogP contribution in [-0.4, -0.2) is 0 Å². The van der Waals surface area contributed by atoms with Crippen LogP contribution < -0.4 is 0 Å². The Labute approximate surface area is 178 Å². The molecule has 0 aliphatic rings. The molecule has 0 fully saturated rings. The van der Waals surface area contributed by atoms with Gasteiger partial charge in [-0.1, -0.05) is 0 Å². The summed E-state index contributed by atoms with van der Waals surface area (Å²) >= 11 is 0.871. The summed E-state index contributed by atoms with van der Waals surface area (Å²) in [5.41, 5.74) is 0. The van der Waals surface area contributed by atoms with Crippen LogP contribution >= 0.6 is 0 Å². The van der Waals surface area contributed by atoms with Crippen LogP contribution in [-0.2, 0) is 92.9 Å². The fraction of sp³-hybridized carbons (Fsp3) is 1.00. The summed E-state index contributed by atoms with van der Waals surface area (Å²) in [5.74, 6) is 0. The Morgan fingerprint density at radius 2 is 0.400 bits per heavy atom. The zero-order valence-electron chi connectivity index (χ0n) is 15.7. The molecule has 0 nitrogen and oxygen atoms in total. The van der Waals surface area contributed by atoms with Gasteiger partial charge in [-0.2, -0.15) is 0 Å². The Kier molecular flexibility index (Phi) is 67.8. The van der Waals surface area contributed by atoms with Gasteiger partial charge in [0.15, 0.2) is 0 Å². The fourth-order valence-electron chi connectivity index (χ4n) is 1.000. The Morgan fingerprint density at radius 1 is 0.300 bits per heavy atom. The van der Waals surface area contributed by atoms with Crippen LogP contribution in [0.1, 0.15) is 55.4 Å². The van der Waals surface area contributed by atoms with Crippen molar-refractivity contribution in [2.45, 2.75) is 88.4 Å². The second-order valence-electron chi connectivity index (χ2n) is 3.83. The van der Waals surface area contributed by atoms with Crippen molar-refractivity contribution in [3.05, 3.63) is 0 Å². The van der Waals surface area contributed by atoms with Crippen LogP contribution in [0.5, 0.6) is 0 Å². The molecule has 0 spiro atoms. The van der Waals surface area contributed by atoms with Crippen molar-refractivity contribution in [3.8, 4) is 0 Å². The van der Waals surface area contributed by atoms with Gasteiger partial charge in [0.25, 0.3) is 0 Å². The van der Waals surface area contributed by atoms with Crippen molar-refractivity contribution >= 4 is 0 Å². The van der Waals surface area contributed by atoms with Gasteiger partial charge >= 0.3 is 181 Å². The van der Waals surface area contributed by atoms with Gasteiger partial charge in [0.1, 0.15) is 0 Å². The molecule has 0 aromatic carbocycles. The first-order valence-corrected chi connectivity index (χ1v) is 22.4. The third-order valence-corrected chi connectivity index (χ3v) is 11.8. The van der Waals surface area contributed by atoms with E-state index in [0.29, 0.717) is 0 Å². The van der Waals surface area contributed by atoms with Gasteiger partial charge in [-0.15, -0.1) is 0 Å². The Hall–Kier alpha value is 3.53. The first-order chi connectivity index (χ1) is 9.66. The first kappa shape index (κ1) is 31.3. The van der Waals surface area contributed by atoms with E-state index in [1.54, 1.807) is 0 Å². The van der Waals surface area contributed by atoms with E-state index in [1.165, 1.54) is 33.0 Å². The molecule has 0 atom stereocenters. The van der Waals surface area contributed by atoms with Gasteiger partial charge in [0.2, 0.25) is 0 Å². The molecule has 0 unspecified atom stereocenters. The van der Waals surface area contributed by atoms with Crippen molar-refractivity contribution in [1.29, 1.82) is 0 Å². The second-order valence-corrected chi connectivity index (χ2v) is 22.6. The van der Waals surface area contributed by atoms with Crippen molar-refractivity contribution in [1.82, 2.24) is 0 Å². The zero-order chi connectivity index (χ0) is 16.5. The van der Waals surface area contributed by atoms with Crippen LogP contribution in [0, 0.1) is 0 Å². The number of rotatable bonds is 8. The van der Waals surface area contributed by atoms with E-state index in [0.717, 1.165) is 0 Å². The van der Waals surface area contributed by atoms with Gasteiger partial charge in [-0.25, -0.2) is 0 Å². The van der Waals surface area contributed by atoms with E-state index in [4.69, 9.17) is 0 Å². The average molecular weight is 597 g/mol. The fourth-order valence-corrected chi connectivity index (χ4v) is 5.92. The quantitative estimate of drug-likeness (QED) is 0.268. The van der Waals surface area contributed by atoms with Gasteiger partial charge in [-0.3, -0.25) is 0 Å². The molecule has 0 aromatic heterocycles. The SMILES string of the molecule is C[CH2][Zr][CH2]C.C[CH2][Zr][CH2]C.C[CH2][Zr][CH2]C.C[CH2][Zr][CH2]C. The maximum absolute atomic E-state index is 2.29. The molecule has 0 N–H and O–H groups in total. The topological polar surface area (TPSA) is 0 Å². The monoisotopic (exact) mass is 592 g/mol. The van der Waals surface area contributed by atoms with Gasteiger partial charge < -0.3 is 0 Å². The predicted octanol–water partition coefficient (Wildman–Crippen LogP) is 7.78. The molecule has 0 heterocycles. The molecule has 0 amide bonds. The molecular weight excluding hydrogens is 557 g/mol. The third kappa shape index (κ3) is 68.3. The van der Waals surface area contributed by atoms with E-state index in [1.807, 2.05) is 0 Å². The van der Waals surface area contributed by atoms with Crippen LogP contribution in [0.3, 0.4) is 0 Å². The van der Waals surface area contributed by atoms with Crippen LogP contribution in [0.4, 0.5) is 0 Å². The molecule has 0 saturated carbocycles. The second kappa shape index (κ2) is 43.3. The molecular formula is C16H40Zr4. The van der Waals surface area contributed by atoms with Crippen LogP contribution in [0.25, 0.3) is 0 Å². The summed E-state index contributed by atoms with van der Waals surface area (Å²) in [6.07, 6.45) is 0. The predicted molar refractivity (Wildman–Crippen MR) is 83.8 cm³/mol. The van der Waals surface area contributed by atoms with Crippen molar-refractivity contribution in [2.24, 2.45) is 0 Å². The molecule has 20 heavy (non-hydrogen) atoms. The zero-order valence-corrected chi connectivity index (χ0v) is 25.5. The van der Waals surface area contributed by atoms with Crippen LogP contribution in [0.15, 0.2) is 0 Å². The van der Waals surface area contributed by atoms with Crippen LogP contribution in [0.2, 0.25) is 33.0 Å². The summed E-state index contributed by atoms with van der Waals surface area (Å²) in [6.45, 7) is 18.3. The standard InChI is InChI=1S/8C2H5.4Zr/c8*1-2;;;;/h8*1H2,2H3;;;;. The average Bonchev–Trinajstić information content (AvgIpc) is 2.44. The van der Waals surface area contributed by atoms with E-state index >= 15 is 0 Å². The number of hydrogen-bond acceptors (Lipinski definition) is 0. The van der Waals surface area contributed by atoms with Gasteiger partial charge in [-0.05, 0) is 0 Å². The van der Waals surface area contributed by atoms with Gasteiger partial charge in [0, 0.05) is 0 Å². The van der Waals surface area contributed by atoms with Crippen molar-refractivity contribution < 1.29 is 92.9 Å². The summed E-state index contributed by atoms with van der Waals surface area (Å²) < 4.78 is 12.1. The van der Waals surface area contributed by atoms with E-state index in [9.17, 15) is 0 Å². The summed E-state index contributed by atoms with van der Waals surface area (Å²) in [6, 6.07) is 0. The minimum atomic E-state index is 0.218. The van der Waals surface area contributed by atoms with Crippen molar-refractivity contribution in [2.75, 3.05) is 0 Å². The molecule has 120 valence electrons. The molecule has 4 heteroatoms. The Bertz CT molecular complexity index is 68.5. The number of hydrogen-bond donors (Lipinski definition) is 0. The summed E-state index contributed by atoms with van der Waals surface area (Å²) in [4.78, 5) is 0. The molecule has 0 radical (unpaired) electrons. The van der Waals surface area contributed by atoms with E-state index in [2.05, 4.69) is 55.4 Å². The molecule has 0 bridgehead atoms. The van der Waals surface area contributed by atoms with Gasteiger partial charge in [0.05, 0.1) is 0 Å². The van der Waals surface area contributed by atoms with E-state index in [-0.39, 0.29) is 92.9 Å². The van der Waals surface area contributed by atoms with E-state index < -0.39 is 0 Å². The molecule has 0 rings (SSSR count). The first-order valence-electron chi connectivity index (χ1n) is 8.49.